The molecule has 1 atom stereocenters. The maximum atomic E-state index is 12.3. The summed E-state index contributed by atoms with van der Waals surface area (Å²) in [5, 5.41) is 9.00. The van der Waals surface area contributed by atoms with Crippen molar-refractivity contribution < 1.29 is 13.5 Å². The van der Waals surface area contributed by atoms with E-state index in [-0.39, 0.29) is 23.5 Å². The highest BCUT2D eigenvalue weighted by Gasteiger charge is 2.22. The molecule has 1 unspecified atom stereocenters. The summed E-state index contributed by atoms with van der Waals surface area (Å²) in [4.78, 5) is 0.277. The summed E-state index contributed by atoms with van der Waals surface area (Å²) in [6.07, 6.45) is 0.418. The predicted molar refractivity (Wildman–Crippen MR) is 76.6 cm³/mol. The van der Waals surface area contributed by atoms with E-state index in [9.17, 15) is 8.42 Å². The number of aliphatic hydroxyl groups is 1. The molecule has 19 heavy (non-hydrogen) atoms. The van der Waals surface area contributed by atoms with Crippen molar-refractivity contribution in [3.8, 4) is 0 Å². The topological polar surface area (TPSA) is 66.4 Å². The number of nitrogens with one attached hydrogen (secondary N) is 1. The van der Waals surface area contributed by atoms with Crippen LogP contribution in [0.25, 0.3) is 0 Å². The van der Waals surface area contributed by atoms with E-state index in [2.05, 4.69) is 4.72 Å². The summed E-state index contributed by atoms with van der Waals surface area (Å²) >= 11 is 0. The van der Waals surface area contributed by atoms with E-state index in [1.807, 2.05) is 27.7 Å². The number of sulfonamides is 1. The molecule has 1 aromatic carbocycles. The van der Waals surface area contributed by atoms with Crippen molar-refractivity contribution in [1.29, 1.82) is 0 Å². The zero-order valence-corrected chi connectivity index (χ0v) is 12.8. The lowest BCUT2D eigenvalue weighted by Gasteiger charge is -2.21. The predicted octanol–water partition coefficient (Wildman–Crippen LogP) is 1.99. The van der Waals surface area contributed by atoms with Gasteiger partial charge in [-0.2, -0.15) is 0 Å². The molecule has 1 aromatic rings. The Morgan fingerprint density at radius 3 is 2.32 bits per heavy atom. The third-order valence-electron chi connectivity index (χ3n) is 3.34. The normalized spacial score (nSPS) is 13.8. The zero-order valence-electron chi connectivity index (χ0n) is 12.0. The van der Waals surface area contributed by atoms with Gasteiger partial charge in [0.05, 0.1) is 4.90 Å². The SMILES string of the molecule is Cc1ccc(S(=O)(=O)NC(CCO)C(C)C)cc1C. The minimum atomic E-state index is -3.53. The van der Waals surface area contributed by atoms with E-state index in [0.29, 0.717) is 6.42 Å². The van der Waals surface area contributed by atoms with Crippen molar-refractivity contribution in [1.82, 2.24) is 4.72 Å². The molecule has 0 aromatic heterocycles. The van der Waals surface area contributed by atoms with Crippen LogP contribution in [-0.2, 0) is 10.0 Å². The second kappa shape index (κ2) is 6.50. The van der Waals surface area contributed by atoms with E-state index in [4.69, 9.17) is 5.11 Å². The van der Waals surface area contributed by atoms with Crippen LogP contribution in [0.3, 0.4) is 0 Å². The second-order valence-corrected chi connectivity index (χ2v) is 6.94. The highest BCUT2D eigenvalue weighted by Crippen LogP contribution is 2.17. The third kappa shape index (κ3) is 4.30. The summed E-state index contributed by atoms with van der Waals surface area (Å²) in [6, 6.07) is 4.84. The van der Waals surface area contributed by atoms with Crippen LogP contribution in [-0.4, -0.2) is 26.2 Å². The van der Waals surface area contributed by atoms with Crippen LogP contribution in [0.1, 0.15) is 31.4 Å². The summed E-state index contributed by atoms with van der Waals surface area (Å²) in [6.45, 7) is 7.68. The Bertz CT molecular complexity index is 523. The molecule has 0 saturated carbocycles. The average Bonchev–Trinajstić information content (AvgIpc) is 2.31. The molecule has 0 amide bonds. The Labute approximate surface area is 115 Å². The van der Waals surface area contributed by atoms with Crippen molar-refractivity contribution in [2.75, 3.05) is 6.61 Å². The van der Waals surface area contributed by atoms with Crippen LogP contribution in [0.5, 0.6) is 0 Å². The maximum absolute atomic E-state index is 12.3. The first-order valence-electron chi connectivity index (χ1n) is 6.48. The fourth-order valence-electron chi connectivity index (χ4n) is 1.82. The lowest BCUT2D eigenvalue weighted by Crippen LogP contribution is -2.39. The Hall–Kier alpha value is -0.910. The second-order valence-electron chi connectivity index (χ2n) is 5.23. The van der Waals surface area contributed by atoms with Gasteiger partial charge in [0.2, 0.25) is 10.0 Å². The van der Waals surface area contributed by atoms with Gasteiger partial charge < -0.3 is 5.11 Å². The molecule has 0 spiro atoms. The molecule has 0 fully saturated rings. The quantitative estimate of drug-likeness (QED) is 0.840. The molecular weight excluding hydrogens is 262 g/mol. The van der Waals surface area contributed by atoms with E-state index in [1.54, 1.807) is 18.2 Å². The van der Waals surface area contributed by atoms with Crippen molar-refractivity contribution >= 4 is 10.0 Å². The number of benzene rings is 1. The minimum Gasteiger partial charge on any atom is -0.396 e. The first kappa shape index (κ1) is 16.1. The van der Waals surface area contributed by atoms with Crippen molar-refractivity contribution in [2.24, 2.45) is 5.92 Å². The molecular formula is C14H23NO3S. The lowest BCUT2D eigenvalue weighted by molar-refractivity contribution is 0.256. The van der Waals surface area contributed by atoms with Gasteiger partial charge in [-0.15, -0.1) is 0 Å². The first-order valence-corrected chi connectivity index (χ1v) is 7.96. The van der Waals surface area contributed by atoms with E-state index < -0.39 is 10.0 Å². The number of hydrogen-bond acceptors (Lipinski definition) is 3. The summed E-state index contributed by atoms with van der Waals surface area (Å²) in [5.74, 6) is 0.133. The lowest BCUT2D eigenvalue weighted by atomic mass is 10.0. The number of rotatable bonds is 6. The van der Waals surface area contributed by atoms with E-state index in [0.717, 1.165) is 11.1 Å². The molecule has 4 nitrogen and oxygen atoms in total. The Morgan fingerprint density at radius 2 is 1.84 bits per heavy atom. The van der Waals surface area contributed by atoms with Gasteiger partial charge in [-0.05, 0) is 49.4 Å². The van der Waals surface area contributed by atoms with Crippen LogP contribution in [0.2, 0.25) is 0 Å². The largest absolute Gasteiger partial charge is 0.396 e. The van der Waals surface area contributed by atoms with Gasteiger partial charge >= 0.3 is 0 Å². The molecule has 0 saturated heterocycles. The first-order chi connectivity index (χ1) is 8.77. The monoisotopic (exact) mass is 285 g/mol. The Morgan fingerprint density at radius 1 is 1.21 bits per heavy atom. The zero-order chi connectivity index (χ0) is 14.6. The van der Waals surface area contributed by atoms with Crippen LogP contribution < -0.4 is 4.72 Å². The Kier molecular flexibility index (Phi) is 5.52. The van der Waals surface area contributed by atoms with Gasteiger partial charge in [0.15, 0.2) is 0 Å². The molecule has 1 rings (SSSR count). The number of aryl methyl sites for hydroxylation is 2. The average molecular weight is 285 g/mol. The van der Waals surface area contributed by atoms with Gasteiger partial charge in [-0.3, -0.25) is 0 Å². The molecule has 0 heterocycles. The summed E-state index contributed by atoms with van der Waals surface area (Å²) < 4.78 is 27.3. The van der Waals surface area contributed by atoms with Gasteiger partial charge in [0.1, 0.15) is 0 Å². The van der Waals surface area contributed by atoms with Crippen LogP contribution in [0.4, 0.5) is 0 Å². The molecule has 0 aliphatic heterocycles. The van der Waals surface area contributed by atoms with Crippen molar-refractivity contribution in [2.45, 2.75) is 45.1 Å². The van der Waals surface area contributed by atoms with E-state index >= 15 is 0 Å². The third-order valence-corrected chi connectivity index (χ3v) is 4.83. The highest BCUT2D eigenvalue weighted by molar-refractivity contribution is 7.89. The van der Waals surface area contributed by atoms with E-state index in [1.165, 1.54) is 0 Å². The molecule has 2 N–H and O–H groups in total. The minimum absolute atomic E-state index is 0.0295. The van der Waals surface area contributed by atoms with Gasteiger partial charge in [0, 0.05) is 12.6 Å². The van der Waals surface area contributed by atoms with Crippen LogP contribution in [0, 0.1) is 19.8 Å². The maximum Gasteiger partial charge on any atom is 0.240 e. The fraction of sp³-hybridized carbons (Fsp3) is 0.571. The molecule has 0 aliphatic carbocycles. The summed E-state index contributed by atoms with van der Waals surface area (Å²) in [7, 11) is -3.53. The fourth-order valence-corrected chi connectivity index (χ4v) is 3.32. The summed E-state index contributed by atoms with van der Waals surface area (Å²) in [5.41, 5.74) is 2.01. The number of hydrogen-bond donors (Lipinski definition) is 2. The molecule has 5 heteroatoms. The van der Waals surface area contributed by atoms with Crippen molar-refractivity contribution in [3.63, 3.8) is 0 Å². The molecule has 0 aliphatic rings. The van der Waals surface area contributed by atoms with Gasteiger partial charge in [-0.25, -0.2) is 13.1 Å². The number of aliphatic hydroxyl groups excluding tert-OH is 1. The van der Waals surface area contributed by atoms with Crippen molar-refractivity contribution in [3.05, 3.63) is 29.3 Å². The molecule has 0 bridgehead atoms. The van der Waals surface area contributed by atoms with Crippen LogP contribution >= 0.6 is 0 Å². The smallest absolute Gasteiger partial charge is 0.240 e. The van der Waals surface area contributed by atoms with Gasteiger partial charge in [-0.1, -0.05) is 19.9 Å². The standard InChI is InChI=1S/C14H23NO3S/c1-10(2)14(7-8-16)15-19(17,18)13-6-5-11(3)12(4)9-13/h5-6,9-10,14-16H,7-8H2,1-4H3. The highest BCUT2D eigenvalue weighted by atomic mass is 32.2. The molecule has 108 valence electrons. The van der Waals surface area contributed by atoms with Gasteiger partial charge in [0.25, 0.3) is 0 Å². The Balaban J connectivity index is 2.99. The molecule has 0 radical (unpaired) electrons. The van der Waals surface area contributed by atoms with Crippen LogP contribution in [0.15, 0.2) is 23.1 Å².